The van der Waals surface area contributed by atoms with Gasteiger partial charge in [0, 0.05) is 23.4 Å². The Kier molecular flexibility index (Phi) is 6.63. The summed E-state index contributed by atoms with van der Waals surface area (Å²) in [5, 5.41) is 2.86. The number of nitrogens with zero attached hydrogens (tertiary/aromatic N) is 1. The molecule has 7 nitrogen and oxygen atoms in total. The van der Waals surface area contributed by atoms with E-state index >= 15 is 0 Å². The summed E-state index contributed by atoms with van der Waals surface area (Å²) in [6.45, 7) is 1.88. The van der Waals surface area contributed by atoms with Gasteiger partial charge in [0.05, 0.1) is 26.7 Å². The minimum atomic E-state index is -0.532. The Bertz CT molecular complexity index is 1250. The Morgan fingerprint density at radius 2 is 1.74 bits per heavy atom. The van der Waals surface area contributed by atoms with Gasteiger partial charge in [0.2, 0.25) is 5.91 Å². The van der Waals surface area contributed by atoms with Crippen molar-refractivity contribution in [2.75, 3.05) is 19.5 Å². The van der Waals surface area contributed by atoms with Crippen molar-refractivity contribution in [3.05, 3.63) is 89.0 Å². The van der Waals surface area contributed by atoms with Crippen LogP contribution in [0.25, 0.3) is 0 Å². The highest BCUT2D eigenvalue weighted by atomic mass is 16.5. The minimum Gasteiger partial charge on any atom is -0.493 e. The number of carbonyl (C=O) groups excluding carboxylic acids is 3. The Morgan fingerprint density at radius 3 is 2.44 bits per heavy atom. The third kappa shape index (κ3) is 4.64. The second kappa shape index (κ2) is 9.79. The molecule has 34 heavy (non-hydrogen) atoms. The van der Waals surface area contributed by atoms with Crippen LogP contribution in [-0.4, -0.2) is 36.7 Å². The molecular weight excluding hydrogens is 432 g/mol. The first-order valence-corrected chi connectivity index (χ1v) is 10.9. The molecule has 1 atom stereocenters. The molecule has 0 saturated heterocycles. The average molecular weight is 459 g/mol. The summed E-state index contributed by atoms with van der Waals surface area (Å²) in [6.07, 6.45) is 0.0273. The van der Waals surface area contributed by atoms with Crippen LogP contribution in [0.2, 0.25) is 0 Å². The van der Waals surface area contributed by atoms with E-state index in [1.165, 1.54) is 6.92 Å². The van der Waals surface area contributed by atoms with Gasteiger partial charge in [0.15, 0.2) is 17.3 Å². The molecule has 2 amide bonds. The average Bonchev–Trinajstić information content (AvgIpc) is 3.18. The first-order chi connectivity index (χ1) is 16.4. The van der Waals surface area contributed by atoms with Gasteiger partial charge in [-0.25, -0.2) is 0 Å². The zero-order chi connectivity index (χ0) is 24.2. The molecule has 1 aliphatic rings. The number of rotatable bonds is 8. The molecule has 0 saturated carbocycles. The quantitative estimate of drug-likeness (QED) is 0.498. The molecule has 0 unspecified atom stereocenters. The lowest BCUT2D eigenvalue weighted by molar-refractivity contribution is -0.117. The molecule has 3 aromatic rings. The van der Waals surface area contributed by atoms with E-state index in [1.807, 2.05) is 24.3 Å². The SMILES string of the molecule is COc1ccc([C@@H](CC(=O)Nc2cccc(C(C)=O)c2)N2Cc3ccccc3C2=O)cc1OC. The number of fused-ring (bicyclic) bond motifs is 1. The Hall–Kier alpha value is -4.13. The maximum atomic E-state index is 13.2. The van der Waals surface area contributed by atoms with Gasteiger partial charge in [0.25, 0.3) is 5.91 Å². The van der Waals surface area contributed by atoms with E-state index in [4.69, 9.17) is 9.47 Å². The van der Waals surface area contributed by atoms with Crippen LogP contribution >= 0.6 is 0 Å². The van der Waals surface area contributed by atoms with Crippen LogP contribution in [0, 0.1) is 0 Å². The lowest BCUT2D eigenvalue weighted by Gasteiger charge is -2.28. The van der Waals surface area contributed by atoms with Crippen molar-refractivity contribution >= 4 is 23.3 Å². The normalized spacial score (nSPS) is 13.3. The van der Waals surface area contributed by atoms with Crippen LogP contribution < -0.4 is 14.8 Å². The summed E-state index contributed by atoms with van der Waals surface area (Å²) < 4.78 is 10.8. The molecule has 7 heteroatoms. The van der Waals surface area contributed by atoms with E-state index in [0.717, 1.165) is 11.1 Å². The fourth-order valence-electron chi connectivity index (χ4n) is 4.20. The molecular formula is C27H26N2O5. The van der Waals surface area contributed by atoms with E-state index in [-0.39, 0.29) is 24.0 Å². The van der Waals surface area contributed by atoms with E-state index < -0.39 is 6.04 Å². The molecule has 0 aliphatic carbocycles. The molecule has 1 aliphatic heterocycles. The van der Waals surface area contributed by atoms with Crippen LogP contribution in [0.4, 0.5) is 5.69 Å². The molecule has 1 N–H and O–H groups in total. The van der Waals surface area contributed by atoms with Crippen LogP contribution in [0.5, 0.6) is 11.5 Å². The van der Waals surface area contributed by atoms with E-state index in [9.17, 15) is 14.4 Å². The molecule has 0 radical (unpaired) electrons. The zero-order valence-corrected chi connectivity index (χ0v) is 19.3. The molecule has 0 spiro atoms. The van der Waals surface area contributed by atoms with Gasteiger partial charge in [-0.2, -0.15) is 0 Å². The monoisotopic (exact) mass is 458 g/mol. The summed E-state index contributed by atoms with van der Waals surface area (Å²) in [7, 11) is 3.10. The number of ketones is 1. The van der Waals surface area contributed by atoms with Crippen LogP contribution in [0.1, 0.15) is 51.2 Å². The van der Waals surface area contributed by atoms with Gasteiger partial charge in [-0.15, -0.1) is 0 Å². The number of nitrogens with one attached hydrogen (secondary N) is 1. The van der Waals surface area contributed by atoms with Gasteiger partial charge in [-0.3, -0.25) is 14.4 Å². The van der Waals surface area contributed by atoms with Crippen molar-refractivity contribution in [2.24, 2.45) is 0 Å². The van der Waals surface area contributed by atoms with Gasteiger partial charge >= 0.3 is 0 Å². The van der Waals surface area contributed by atoms with Crippen molar-refractivity contribution in [3.63, 3.8) is 0 Å². The van der Waals surface area contributed by atoms with Crippen molar-refractivity contribution in [1.29, 1.82) is 0 Å². The number of benzene rings is 3. The molecule has 3 aromatic carbocycles. The van der Waals surface area contributed by atoms with E-state index in [2.05, 4.69) is 5.32 Å². The number of amides is 2. The number of Topliss-reactive ketones (excluding diaryl/α,β-unsaturated/α-hetero) is 1. The van der Waals surface area contributed by atoms with E-state index in [1.54, 1.807) is 61.6 Å². The fraction of sp³-hybridized carbons (Fsp3) is 0.222. The van der Waals surface area contributed by atoms with Crippen LogP contribution in [0.3, 0.4) is 0 Å². The number of hydrogen-bond donors (Lipinski definition) is 1. The summed E-state index contributed by atoms with van der Waals surface area (Å²) in [6, 6.07) is 19.1. The number of carbonyl (C=O) groups is 3. The summed E-state index contributed by atoms with van der Waals surface area (Å²) >= 11 is 0. The molecule has 1 heterocycles. The molecule has 0 aromatic heterocycles. The van der Waals surface area contributed by atoms with Crippen molar-refractivity contribution in [3.8, 4) is 11.5 Å². The number of methoxy groups -OCH3 is 2. The molecule has 4 rings (SSSR count). The summed E-state index contributed by atoms with van der Waals surface area (Å²) in [4.78, 5) is 39.8. The smallest absolute Gasteiger partial charge is 0.255 e. The van der Waals surface area contributed by atoms with Crippen molar-refractivity contribution in [2.45, 2.75) is 25.9 Å². The topological polar surface area (TPSA) is 84.9 Å². The lowest BCUT2D eigenvalue weighted by Crippen LogP contribution is -2.32. The number of ether oxygens (including phenoxy) is 2. The third-order valence-electron chi connectivity index (χ3n) is 5.95. The first-order valence-electron chi connectivity index (χ1n) is 10.9. The predicted molar refractivity (Wildman–Crippen MR) is 128 cm³/mol. The zero-order valence-electron chi connectivity index (χ0n) is 19.3. The Morgan fingerprint density at radius 1 is 0.971 bits per heavy atom. The first kappa shape index (κ1) is 23.0. The molecule has 0 bridgehead atoms. The van der Waals surface area contributed by atoms with Crippen molar-refractivity contribution in [1.82, 2.24) is 4.90 Å². The standard InChI is InChI=1S/C27H26N2O5/c1-17(30)18-8-6-9-21(13-18)28-26(31)15-23(19-11-12-24(33-2)25(14-19)34-3)29-16-20-7-4-5-10-22(20)27(29)32/h4-14,23H,15-16H2,1-3H3,(H,28,31)/t23-/m1/s1. The van der Waals surface area contributed by atoms with Gasteiger partial charge in [-0.05, 0) is 48.4 Å². The highest BCUT2D eigenvalue weighted by Crippen LogP contribution is 2.37. The molecule has 174 valence electrons. The van der Waals surface area contributed by atoms with Crippen LogP contribution in [-0.2, 0) is 11.3 Å². The lowest BCUT2D eigenvalue weighted by atomic mass is 10.0. The number of hydrogen-bond acceptors (Lipinski definition) is 5. The van der Waals surface area contributed by atoms with Gasteiger partial charge in [0.1, 0.15) is 0 Å². The highest BCUT2D eigenvalue weighted by Gasteiger charge is 2.34. The van der Waals surface area contributed by atoms with Gasteiger partial charge < -0.3 is 19.7 Å². The number of anilines is 1. The fourth-order valence-corrected chi connectivity index (χ4v) is 4.20. The third-order valence-corrected chi connectivity index (χ3v) is 5.95. The molecule has 0 fully saturated rings. The summed E-state index contributed by atoms with van der Waals surface area (Å²) in [5.41, 5.74) is 3.36. The maximum absolute atomic E-state index is 13.2. The second-order valence-electron chi connectivity index (χ2n) is 8.11. The van der Waals surface area contributed by atoms with E-state index in [0.29, 0.717) is 34.9 Å². The Labute approximate surface area is 198 Å². The Balaban J connectivity index is 1.65. The largest absolute Gasteiger partial charge is 0.493 e. The second-order valence-corrected chi connectivity index (χ2v) is 8.11. The predicted octanol–water partition coefficient (Wildman–Crippen LogP) is 4.63. The van der Waals surface area contributed by atoms with Crippen LogP contribution in [0.15, 0.2) is 66.7 Å². The van der Waals surface area contributed by atoms with Crippen molar-refractivity contribution < 1.29 is 23.9 Å². The summed E-state index contributed by atoms with van der Waals surface area (Å²) in [5.74, 6) is 0.598. The minimum absolute atomic E-state index is 0.0273. The maximum Gasteiger partial charge on any atom is 0.255 e. The van der Waals surface area contributed by atoms with Gasteiger partial charge in [-0.1, -0.05) is 36.4 Å². The highest BCUT2D eigenvalue weighted by molar-refractivity contribution is 6.00.